The molecule has 0 aliphatic rings. The van der Waals surface area contributed by atoms with Crippen molar-refractivity contribution in [2.75, 3.05) is 6.54 Å². The zero-order valence-corrected chi connectivity index (χ0v) is 14.7. The Labute approximate surface area is 152 Å². The first kappa shape index (κ1) is 18.0. The van der Waals surface area contributed by atoms with Crippen LogP contribution in [0.25, 0.3) is 10.9 Å². The lowest BCUT2D eigenvalue weighted by Gasteiger charge is -2.18. The minimum Gasteiger partial charge on any atom is -0.508 e. The molecule has 0 amide bonds. The number of phenolic OH excluding ortho intramolecular Hbond substituents is 1. The molecular formula is C21H23N3O2. The summed E-state index contributed by atoms with van der Waals surface area (Å²) in [4.78, 5) is 3.28. The molecule has 1 aromatic heterocycles. The van der Waals surface area contributed by atoms with Gasteiger partial charge < -0.3 is 20.5 Å². The molecule has 26 heavy (non-hydrogen) atoms. The summed E-state index contributed by atoms with van der Waals surface area (Å²) in [5.41, 5.74) is 3.61. The quantitative estimate of drug-likeness (QED) is 0.527. The number of aromatic amines is 1. The predicted molar refractivity (Wildman–Crippen MR) is 102 cm³/mol. The molecule has 4 N–H and O–H groups in total. The lowest BCUT2D eigenvalue weighted by Crippen LogP contribution is -2.32. The van der Waals surface area contributed by atoms with Gasteiger partial charge >= 0.3 is 0 Å². The molecule has 0 spiro atoms. The fourth-order valence-electron chi connectivity index (χ4n) is 3.17. The van der Waals surface area contributed by atoms with Crippen LogP contribution in [0.5, 0.6) is 5.75 Å². The van der Waals surface area contributed by atoms with Gasteiger partial charge in [0.2, 0.25) is 0 Å². The average molecular weight is 349 g/mol. The van der Waals surface area contributed by atoms with E-state index >= 15 is 0 Å². The number of phenols is 1. The lowest BCUT2D eigenvalue weighted by atomic mass is 10.0. The number of benzene rings is 2. The second kappa shape index (κ2) is 8.05. The van der Waals surface area contributed by atoms with Crippen LogP contribution >= 0.6 is 0 Å². The van der Waals surface area contributed by atoms with Gasteiger partial charge in [0, 0.05) is 35.2 Å². The number of hydrogen-bond donors (Lipinski definition) is 4. The molecule has 2 atom stereocenters. The Hall–Kier alpha value is -2.81. The van der Waals surface area contributed by atoms with E-state index in [0.29, 0.717) is 17.7 Å². The van der Waals surface area contributed by atoms with Crippen LogP contribution in [0.15, 0.2) is 48.7 Å². The average Bonchev–Trinajstić information content (AvgIpc) is 3.05. The summed E-state index contributed by atoms with van der Waals surface area (Å²) < 4.78 is 0. The van der Waals surface area contributed by atoms with E-state index in [2.05, 4.69) is 29.4 Å². The number of H-pyrrole nitrogens is 1. The van der Waals surface area contributed by atoms with Gasteiger partial charge in [0.1, 0.15) is 5.75 Å². The summed E-state index contributed by atoms with van der Waals surface area (Å²) in [6.45, 7) is 2.49. The Morgan fingerprint density at radius 1 is 1.19 bits per heavy atom. The van der Waals surface area contributed by atoms with Crippen LogP contribution < -0.4 is 5.32 Å². The van der Waals surface area contributed by atoms with Crippen molar-refractivity contribution in [2.45, 2.75) is 31.9 Å². The third-order valence-corrected chi connectivity index (χ3v) is 4.62. The van der Waals surface area contributed by atoms with Crippen molar-refractivity contribution in [3.8, 4) is 11.8 Å². The Kier molecular flexibility index (Phi) is 5.57. The van der Waals surface area contributed by atoms with E-state index in [0.717, 1.165) is 11.9 Å². The molecule has 1 heterocycles. The normalized spacial score (nSPS) is 13.4. The van der Waals surface area contributed by atoms with Crippen LogP contribution in [-0.4, -0.2) is 27.8 Å². The first-order valence-corrected chi connectivity index (χ1v) is 8.73. The third kappa shape index (κ3) is 4.05. The number of aliphatic hydroxyl groups excluding tert-OH is 1. The SMILES string of the molecule is CC(Cc1c[nH]c2ccccc12)NCC(O)c1ccc(O)c(CC#N)c1. The Morgan fingerprint density at radius 3 is 2.81 bits per heavy atom. The zero-order valence-electron chi connectivity index (χ0n) is 14.7. The molecular weight excluding hydrogens is 326 g/mol. The van der Waals surface area contributed by atoms with E-state index in [1.807, 2.05) is 24.4 Å². The van der Waals surface area contributed by atoms with Crippen LogP contribution in [0.4, 0.5) is 0 Å². The molecule has 0 radical (unpaired) electrons. The van der Waals surface area contributed by atoms with E-state index in [-0.39, 0.29) is 18.2 Å². The Bertz CT molecular complexity index is 926. The highest BCUT2D eigenvalue weighted by atomic mass is 16.3. The highest BCUT2D eigenvalue weighted by Gasteiger charge is 2.13. The number of aliphatic hydroxyl groups is 1. The summed E-state index contributed by atoms with van der Waals surface area (Å²) in [6.07, 6.45) is 2.31. The van der Waals surface area contributed by atoms with Crippen molar-refractivity contribution >= 4 is 10.9 Å². The molecule has 5 heteroatoms. The Morgan fingerprint density at radius 2 is 2.00 bits per heavy atom. The van der Waals surface area contributed by atoms with Crippen molar-refractivity contribution in [3.05, 3.63) is 65.4 Å². The molecule has 0 aliphatic carbocycles. The van der Waals surface area contributed by atoms with Gasteiger partial charge in [-0.15, -0.1) is 0 Å². The largest absolute Gasteiger partial charge is 0.508 e. The standard InChI is InChI=1S/C21H23N3O2/c1-14(10-17-12-24-19-5-3-2-4-18(17)19)23-13-21(26)15-6-7-20(25)16(11-15)8-9-22/h2-7,11-12,14,21,23-26H,8,10,13H2,1H3. The maximum Gasteiger partial charge on any atom is 0.119 e. The molecule has 2 aromatic carbocycles. The number of nitrogens with zero attached hydrogens (tertiary/aromatic N) is 1. The summed E-state index contributed by atoms with van der Waals surface area (Å²) in [5.74, 6) is 0.0863. The summed E-state index contributed by atoms with van der Waals surface area (Å²) in [6, 6.07) is 15.3. The molecule has 134 valence electrons. The number of nitrogens with one attached hydrogen (secondary N) is 2. The minimum absolute atomic E-state index is 0.0863. The van der Waals surface area contributed by atoms with Gasteiger partial charge in [-0.05, 0) is 42.7 Å². The van der Waals surface area contributed by atoms with Gasteiger partial charge in [0.15, 0.2) is 0 Å². The fourth-order valence-corrected chi connectivity index (χ4v) is 3.17. The van der Waals surface area contributed by atoms with Gasteiger partial charge in [-0.25, -0.2) is 0 Å². The van der Waals surface area contributed by atoms with E-state index in [1.165, 1.54) is 17.0 Å². The van der Waals surface area contributed by atoms with Crippen LogP contribution in [0.3, 0.4) is 0 Å². The van der Waals surface area contributed by atoms with Gasteiger partial charge in [0.25, 0.3) is 0 Å². The van der Waals surface area contributed by atoms with Crippen molar-refractivity contribution in [3.63, 3.8) is 0 Å². The molecule has 0 saturated heterocycles. The summed E-state index contributed by atoms with van der Waals surface area (Å²) >= 11 is 0. The molecule has 3 rings (SSSR count). The number of rotatable bonds is 7. The van der Waals surface area contributed by atoms with Gasteiger partial charge in [0.05, 0.1) is 18.6 Å². The summed E-state index contributed by atoms with van der Waals surface area (Å²) in [5, 5.41) is 33.6. The number of aromatic nitrogens is 1. The van der Waals surface area contributed by atoms with Crippen LogP contribution in [-0.2, 0) is 12.8 Å². The summed E-state index contributed by atoms with van der Waals surface area (Å²) in [7, 11) is 0. The molecule has 3 aromatic rings. The molecule has 0 bridgehead atoms. The fraction of sp³-hybridized carbons (Fsp3) is 0.286. The first-order chi connectivity index (χ1) is 12.6. The van der Waals surface area contributed by atoms with E-state index < -0.39 is 6.10 Å². The minimum atomic E-state index is -0.696. The molecule has 0 aliphatic heterocycles. The second-order valence-corrected chi connectivity index (χ2v) is 6.61. The van der Waals surface area contributed by atoms with Crippen molar-refractivity contribution in [2.24, 2.45) is 0 Å². The topological polar surface area (TPSA) is 92.1 Å². The number of fused-ring (bicyclic) bond motifs is 1. The lowest BCUT2D eigenvalue weighted by molar-refractivity contribution is 0.170. The van der Waals surface area contributed by atoms with Gasteiger partial charge in [-0.2, -0.15) is 5.26 Å². The van der Waals surface area contributed by atoms with Crippen LogP contribution in [0.2, 0.25) is 0 Å². The molecule has 2 unspecified atom stereocenters. The monoisotopic (exact) mass is 349 g/mol. The maximum absolute atomic E-state index is 10.4. The number of nitriles is 1. The number of aromatic hydroxyl groups is 1. The highest BCUT2D eigenvalue weighted by molar-refractivity contribution is 5.83. The zero-order chi connectivity index (χ0) is 18.5. The van der Waals surface area contributed by atoms with E-state index in [9.17, 15) is 10.2 Å². The highest BCUT2D eigenvalue weighted by Crippen LogP contribution is 2.23. The van der Waals surface area contributed by atoms with E-state index in [4.69, 9.17) is 5.26 Å². The number of hydrogen-bond acceptors (Lipinski definition) is 4. The molecule has 5 nitrogen and oxygen atoms in total. The molecule has 0 fully saturated rings. The second-order valence-electron chi connectivity index (χ2n) is 6.61. The van der Waals surface area contributed by atoms with Crippen molar-refractivity contribution in [1.29, 1.82) is 5.26 Å². The first-order valence-electron chi connectivity index (χ1n) is 8.73. The van der Waals surface area contributed by atoms with E-state index in [1.54, 1.807) is 12.1 Å². The predicted octanol–water partition coefficient (Wildman–Crippen LogP) is 3.19. The van der Waals surface area contributed by atoms with Crippen LogP contribution in [0, 0.1) is 11.3 Å². The maximum atomic E-state index is 10.4. The van der Waals surface area contributed by atoms with Crippen molar-refractivity contribution in [1.82, 2.24) is 10.3 Å². The molecule has 0 saturated carbocycles. The van der Waals surface area contributed by atoms with Crippen LogP contribution in [0.1, 0.15) is 29.7 Å². The smallest absolute Gasteiger partial charge is 0.119 e. The Balaban J connectivity index is 1.60. The number of para-hydroxylation sites is 1. The van der Waals surface area contributed by atoms with Gasteiger partial charge in [-0.3, -0.25) is 0 Å². The van der Waals surface area contributed by atoms with Gasteiger partial charge in [-0.1, -0.05) is 24.3 Å². The third-order valence-electron chi connectivity index (χ3n) is 4.62. The van der Waals surface area contributed by atoms with Crippen molar-refractivity contribution < 1.29 is 10.2 Å².